The molecule has 3 aromatic rings. The molecule has 184 valence electrons. The highest BCUT2D eigenvalue weighted by molar-refractivity contribution is 5.97. The van der Waals surface area contributed by atoms with Gasteiger partial charge in [0, 0.05) is 25.2 Å². The van der Waals surface area contributed by atoms with Gasteiger partial charge in [-0.25, -0.2) is 20.1 Å². The van der Waals surface area contributed by atoms with E-state index in [1.165, 1.54) is 6.07 Å². The average molecular weight is 489 g/mol. The minimum absolute atomic E-state index is 0.0142. The fourth-order valence-corrected chi connectivity index (χ4v) is 2.93. The summed E-state index contributed by atoms with van der Waals surface area (Å²) in [6.45, 7) is 0.435. The van der Waals surface area contributed by atoms with Crippen molar-refractivity contribution in [2.75, 3.05) is 13.7 Å². The molecule has 0 unspecified atom stereocenters. The SMILES string of the molecule is COc1cccc(CNC(=O)c2cc(C(=O)NCc3cccc(OCC#CNC(=O)O)c3)ncn2)c1. The number of carbonyl (C=O) groups is 3. The lowest BCUT2D eigenvalue weighted by atomic mass is 10.2. The first-order valence-electron chi connectivity index (χ1n) is 10.6. The van der Waals surface area contributed by atoms with Gasteiger partial charge in [-0.1, -0.05) is 24.3 Å². The fourth-order valence-electron chi connectivity index (χ4n) is 2.93. The zero-order chi connectivity index (χ0) is 25.8. The zero-order valence-corrected chi connectivity index (χ0v) is 19.3. The number of hydrogen-bond acceptors (Lipinski definition) is 7. The molecule has 0 aliphatic rings. The van der Waals surface area contributed by atoms with E-state index in [-0.39, 0.29) is 31.1 Å². The van der Waals surface area contributed by atoms with Crippen LogP contribution < -0.4 is 25.4 Å². The second-order valence-electron chi connectivity index (χ2n) is 7.17. The molecule has 11 nitrogen and oxygen atoms in total. The highest BCUT2D eigenvalue weighted by atomic mass is 16.5. The second kappa shape index (κ2) is 13.0. The molecule has 0 bridgehead atoms. The van der Waals surface area contributed by atoms with E-state index in [1.807, 2.05) is 29.6 Å². The molecule has 0 aliphatic carbocycles. The Labute approximate surface area is 206 Å². The van der Waals surface area contributed by atoms with Gasteiger partial charge in [0.1, 0.15) is 29.2 Å². The van der Waals surface area contributed by atoms with Crippen molar-refractivity contribution in [3.05, 3.63) is 83.4 Å². The molecule has 0 fully saturated rings. The van der Waals surface area contributed by atoms with Gasteiger partial charge in [0.05, 0.1) is 7.11 Å². The van der Waals surface area contributed by atoms with Crippen LogP contribution >= 0.6 is 0 Å². The number of carboxylic acid groups (broad SMARTS) is 1. The van der Waals surface area contributed by atoms with Crippen molar-refractivity contribution < 1.29 is 29.0 Å². The van der Waals surface area contributed by atoms with Gasteiger partial charge >= 0.3 is 6.09 Å². The average Bonchev–Trinajstić information content (AvgIpc) is 2.90. The van der Waals surface area contributed by atoms with Gasteiger partial charge in [-0.2, -0.15) is 0 Å². The van der Waals surface area contributed by atoms with Gasteiger partial charge in [0.2, 0.25) is 0 Å². The number of benzene rings is 2. The van der Waals surface area contributed by atoms with Crippen LogP contribution in [0.4, 0.5) is 4.79 Å². The van der Waals surface area contributed by atoms with Crippen LogP contribution in [0.15, 0.2) is 60.9 Å². The third-order valence-electron chi connectivity index (χ3n) is 4.64. The van der Waals surface area contributed by atoms with Crippen LogP contribution in [0.1, 0.15) is 32.1 Å². The van der Waals surface area contributed by atoms with Crippen molar-refractivity contribution in [3.63, 3.8) is 0 Å². The maximum Gasteiger partial charge on any atom is 0.416 e. The molecular formula is C25H23N5O6. The normalized spacial score (nSPS) is 9.81. The van der Waals surface area contributed by atoms with Crippen molar-refractivity contribution >= 4 is 17.9 Å². The summed E-state index contributed by atoms with van der Waals surface area (Å²) in [4.78, 5) is 43.3. The Morgan fingerprint density at radius 1 is 0.889 bits per heavy atom. The smallest absolute Gasteiger partial charge is 0.416 e. The van der Waals surface area contributed by atoms with E-state index in [0.717, 1.165) is 17.5 Å². The molecule has 0 aliphatic heterocycles. The Hall–Kier alpha value is -5.11. The van der Waals surface area contributed by atoms with E-state index in [2.05, 4.69) is 32.6 Å². The molecule has 0 radical (unpaired) electrons. The van der Waals surface area contributed by atoms with Crippen LogP contribution in [0.5, 0.6) is 11.5 Å². The summed E-state index contributed by atoms with van der Waals surface area (Å²) in [5.74, 6) is 2.77. The molecule has 1 aromatic heterocycles. The number of amides is 3. The fraction of sp³-hybridized carbons (Fsp3) is 0.160. The first-order chi connectivity index (χ1) is 17.4. The maximum atomic E-state index is 12.6. The topological polar surface area (TPSA) is 152 Å². The Kier molecular flexibility index (Phi) is 9.18. The van der Waals surface area contributed by atoms with Gasteiger partial charge < -0.3 is 25.2 Å². The maximum absolute atomic E-state index is 12.6. The van der Waals surface area contributed by atoms with Crippen molar-refractivity contribution in [1.29, 1.82) is 0 Å². The second-order valence-corrected chi connectivity index (χ2v) is 7.17. The van der Waals surface area contributed by atoms with E-state index in [1.54, 1.807) is 31.4 Å². The molecule has 0 saturated carbocycles. The quantitative estimate of drug-likeness (QED) is 0.263. The highest BCUT2D eigenvalue weighted by Crippen LogP contribution is 2.14. The van der Waals surface area contributed by atoms with Gasteiger partial charge in [-0.3, -0.25) is 9.59 Å². The molecule has 0 spiro atoms. The Balaban J connectivity index is 1.53. The first-order valence-corrected chi connectivity index (χ1v) is 10.6. The number of hydrogen-bond donors (Lipinski definition) is 4. The number of carbonyl (C=O) groups excluding carboxylic acids is 2. The third-order valence-corrected chi connectivity index (χ3v) is 4.64. The molecule has 0 saturated heterocycles. The minimum atomic E-state index is -1.25. The number of methoxy groups -OCH3 is 1. The summed E-state index contributed by atoms with van der Waals surface area (Å²) < 4.78 is 10.6. The summed E-state index contributed by atoms with van der Waals surface area (Å²) in [7, 11) is 1.57. The Morgan fingerprint density at radius 3 is 2.06 bits per heavy atom. The largest absolute Gasteiger partial charge is 0.497 e. The predicted octanol–water partition coefficient (Wildman–Crippen LogP) is 1.95. The van der Waals surface area contributed by atoms with Crippen LogP contribution in [0, 0.1) is 12.0 Å². The number of nitrogens with one attached hydrogen (secondary N) is 3. The van der Waals surface area contributed by atoms with Crippen LogP contribution in [0.2, 0.25) is 0 Å². The van der Waals surface area contributed by atoms with Crippen molar-refractivity contribution in [1.82, 2.24) is 25.9 Å². The summed E-state index contributed by atoms with van der Waals surface area (Å²) in [5, 5.41) is 15.9. The van der Waals surface area contributed by atoms with Gasteiger partial charge in [0.25, 0.3) is 11.8 Å². The summed E-state index contributed by atoms with van der Waals surface area (Å²) in [5.41, 5.74) is 1.71. The molecule has 2 aromatic carbocycles. The molecule has 3 rings (SSSR count). The lowest BCUT2D eigenvalue weighted by molar-refractivity contribution is 0.0944. The molecule has 36 heavy (non-hydrogen) atoms. The van der Waals surface area contributed by atoms with Crippen molar-refractivity contribution in [2.45, 2.75) is 13.1 Å². The van der Waals surface area contributed by atoms with E-state index in [4.69, 9.17) is 14.6 Å². The molecule has 1 heterocycles. The predicted molar refractivity (Wildman–Crippen MR) is 128 cm³/mol. The standard InChI is InChI=1S/C25H23N5O6/c1-35-19-7-2-5-17(11-19)14-27-23(31)21-13-22(30-16-29-21)24(32)28-15-18-6-3-8-20(12-18)36-10-4-9-26-25(33)34/h2-3,5-8,11-13,16,26H,10,14-15H2,1H3,(H,27,31)(H,28,32)(H,33,34). The number of ether oxygens (including phenoxy) is 2. The highest BCUT2D eigenvalue weighted by Gasteiger charge is 2.13. The molecule has 0 atom stereocenters. The number of rotatable bonds is 9. The summed E-state index contributed by atoms with van der Waals surface area (Å²) in [6, 6.07) is 17.8. The number of nitrogens with zero attached hydrogens (tertiary/aromatic N) is 2. The Bertz CT molecular complexity index is 1300. The lowest BCUT2D eigenvalue weighted by Gasteiger charge is -2.09. The van der Waals surface area contributed by atoms with E-state index in [0.29, 0.717) is 11.5 Å². The molecular weight excluding hydrogens is 466 g/mol. The van der Waals surface area contributed by atoms with E-state index in [9.17, 15) is 14.4 Å². The monoisotopic (exact) mass is 489 g/mol. The molecule has 4 N–H and O–H groups in total. The minimum Gasteiger partial charge on any atom is -0.497 e. The summed E-state index contributed by atoms with van der Waals surface area (Å²) in [6.07, 6.45) is -0.0886. The van der Waals surface area contributed by atoms with Crippen molar-refractivity contribution in [3.8, 4) is 23.5 Å². The first kappa shape index (κ1) is 25.5. The van der Waals surface area contributed by atoms with E-state index >= 15 is 0 Å². The lowest BCUT2D eigenvalue weighted by Crippen LogP contribution is -2.27. The van der Waals surface area contributed by atoms with Crippen molar-refractivity contribution in [2.24, 2.45) is 0 Å². The van der Waals surface area contributed by atoms with Crippen LogP contribution in [0.3, 0.4) is 0 Å². The van der Waals surface area contributed by atoms with Gasteiger partial charge in [-0.05, 0) is 41.3 Å². The summed E-state index contributed by atoms with van der Waals surface area (Å²) >= 11 is 0. The molecule has 11 heteroatoms. The third kappa shape index (κ3) is 8.03. The van der Waals surface area contributed by atoms with Gasteiger partial charge in [-0.15, -0.1) is 0 Å². The number of aromatic nitrogens is 2. The van der Waals surface area contributed by atoms with Crippen LogP contribution in [0.25, 0.3) is 0 Å². The van der Waals surface area contributed by atoms with Crippen LogP contribution in [-0.4, -0.2) is 46.7 Å². The zero-order valence-electron chi connectivity index (χ0n) is 19.3. The van der Waals surface area contributed by atoms with E-state index < -0.39 is 17.9 Å². The Morgan fingerprint density at radius 2 is 1.47 bits per heavy atom. The van der Waals surface area contributed by atoms with Gasteiger partial charge in [0.15, 0.2) is 6.61 Å². The molecule has 3 amide bonds. The van der Waals surface area contributed by atoms with Crippen LogP contribution in [-0.2, 0) is 13.1 Å².